The molecule has 2 heterocycles. The number of nitrogens with two attached hydrogens (primary N) is 1. The number of amides is 2. The second-order valence-corrected chi connectivity index (χ2v) is 6.51. The summed E-state index contributed by atoms with van der Waals surface area (Å²) in [7, 11) is 0. The SMILES string of the molecule is NC(=O)N1CC(C(c2ccccc2)C(F)(F)F)C2(CNCCN2)C1. The number of nitrogens with zero attached hydrogens (tertiary/aromatic N) is 1. The average Bonchev–Trinajstić information content (AvgIpc) is 2.87. The third-order valence-electron chi connectivity index (χ3n) is 5.04. The van der Waals surface area contributed by atoms with E-state index in [1.807, 2.05) is 0 Å². The van der Waals surface area contributed by atoms with E-state index in [0.29, 0.717) is 19.6 Å². The maximum absolute atomic E-state index is 13.9. The molecule has 0 radical (unpaired) electrons. The molecule has 24 heavy (non-hydrogen) atoms. The van der Waals surface area contributed by atoms with E-state index in [9.17, 15) is 18.0 Å². The molecule has 3 atom stereocenters. The highest BCUT2D eigenvalue weighted by molar-refractivity contribution is 5.72. The van der Waals surface area contributed by atoms with Gasteiger partial charge in [-0.25, -0.2) is 4.79 Å². The molecule has 2 fully saturated rings. The summed E-state index contributed by atoms with van der Waals surface area (Å²) in [6.07, 6.45) is -4.41. The number of rotatable bonds is 2. The fourth-order valence-corrected chi connectivity index (χ4v) is 3.98. The first-order chi connectivity index (χ1) is 11.3. The molecule has 132 valence electrons. The number of alkyl halides is 3. The van der Waals surface area contributed by atoms with Gasteiger partial charge in [0.1, 0.15) is 0 Å². The summed E-state index contributed by atoms with van der Waals surface area (Å²) in [6.45, 7) is 1.79. The van der Waals surface area contributed by atoms with Crippen LogP contribution in [0.4, 0.5) is 18.0 Å². The van der Waals surface area contributed by atoms with E-state index < -0.39 is 29.6 Å². The normalized spacial score (nSPS) is 29.0. The van der Waals surface area contributed by atoms with Crippen LogP contribution in [0.2, 0.25) is 0 Å². The third kappa shape index (κ3) is 3.08. The average molecular weight is 342 g/mol. The second kappa shape index (κ2) is 6.25. The van der Waals surface area contributed by atoms with Gasteiger partial charge in [0.2, 0.25) is 0 Å². The molecule has 3 rings (SSSR count). The van der Waals surface area contributed by atoms with Gasteiger partial charge in [0.05, 0.1) is 11.5 Å². The molecule has 2 aliphatic heterocycles. The van der Waals surface area contributed by atoms with E-state index in [0.717, 1.165) is 0 Å². The molecule has 4 N–H and O–H groups in total. The van der Waals surface area contributed by atoms with Crippen LogP contribution in [0, 0.1) is 5.92 Å². The second-order valence-electron chi connectivity index (χ2n) is 6.51. The van der Waals surface area contributed by atoms with Crippen molar-refractivity contribution in [1.82, 2.24) is 15.5 Å². The van der Waals surface area contributed by atoms with Gasteiger partial charge in [-0.2, -0.15) is 13.2 Å². The summed E-state index contributed by atoms with van der Waals surface area (Å²) in [5.74, 6) is -2.46. The van der Waals surface area contributed by atoms with Crippen molar-refractivity contribution in [2.45, 2.75) is 17.6 Å². The van der Waals surface area contributed by atoms with Crippen molar-refractivity contribution in [3.63, 3.8) is 0 Å². The summed E-state index contributed by atoms with van der Waals surface area (Å²) < 4.78 is 41.8. The highest BCUT2D eigenvalue weighted by Crippen LogP contribution is 2.47. The lowest BCUT2D eigenvalue weighted by Crippen LogP contribution is -2.65. The van der Waals surface area contributed by atoms with Crippen LogP contribution >= 0.6 is 0 Å². The molecule has 2 amide bonds. The molecular formula is C16H21F3N4O. The van der Waals surface area contributed by atoms with Crippen molar-refractivity contribution in [3.05, 3.63) is 35.9 Å². The number of hydrogen-bond acceptors (Lipinski definition) is 3. The maximum Gasteiger partial charge on any atom is 0.396 e. The summed E-state index contributed by atoms with van der Waals surface area (Å²) in [5.41, 5.74) is 4.74. The Morgan fingerprint density at radius 2 is 2.00 bits per heavy atom. The number of halogens is 3. The molecule has 0 saturated carbocycles. The quantitative estimate of drug-likeness (QED) is 0.758. The Balaban J connectivity index is 2.02. The molecule has 0 aromatic heterocycles. The molecule has 3 unspecified atom stereocenters. The first kappa shape index (κ1) is 17.0. The number of piperazine rings is 1. The fourth-order valence-electron chi connectivity index (χ4n) is 3.98. The van der Waals surface area contributed by atoms with Crippen molar-refractivity contribution >= 4 is 6.03 Å². The van der Waals surface area contributed by atoms with Gasteiger partial charge in [-0.3, -0.25) is 0 Å². The Bertz CT molecular complexity index is 587. The number of urea groups is 1. The van der Waals surface area contributed by atoms with Crippen LogP contribution in [0.1, 0.15) is 11.5 Å². The Labute approximate surface area is 138 Å². The molecule has 5 nitrogen and oxygen atoms in total. The van der Waals surface area contributed by atoms with E-state index in [-0.39, 0.29) is 18.7 Å². The minimum absolute atomic E-state index is 0.0108. The fraction of sp³-hybridized carbons (Fsp3) is 0.562. The molecule has 2 aliphatic rings. The first-order valence-electron chi connectivity index (χ1n) is 7.95. The number of hydrogen-bond donors (Lipinski definition) is 3. The van der Waals surface area contributed by atoms with Crippen LogP contribution in [0.25, 0.3) is 0 Å². The number of carbonyl (C=O) groups is 1. The topological polar surface area (TPSA) is 70.4 Å². The molecular weight excluding hydrogens is 321 g/mol. The number of likely N-dealkylation sites (tertiary alicyclic amines) is 1. The van der Waals surface area contributed by atoms with E-state index in [4.69, 9.17) is 5.73 Å². The summed E-state index contributed by atoms with van der Waals surface area (Å²) in [6, 6.07) is 7.21. The van der Waals surface area contributed by atoms with E-state index in [1.54, 1.807) is 18.2 Å². The zero-order chi connectivity index (χ0) is 17.4. The standard InChI is InChI=1S/C16H21F3N4O/c17-16(18,19)13(11-4-2-1-3-5-11)12-8-23(14(20)24)10-15(12)9-21-6-7-22-15/h1-5,12-13,21-22H,6-10H2,(H2,20,24). The van der Waals surface area contributed by atoms with E-state index in [2.05, 4.69) is 10.6 Å². The van der Waals surface area contributed by atoms with Crippen molar-refractivity contribution in [2.75, 3.05) is 32.7 Å². The molecule has 2 saturated heterocycles. The molecule has 1 aromatic rings. The lowest BCUT2D eigenvalue weighted by atomic mass is 9.74. The van der Waals surface area contributed by atoms with Crippen molar-refractivity contribution in [1.29, 1.82) is 0 Å². The number of carbonyl (C=O) groups excluding carboxylic acids is 1. The number of benzene rings is 1. The molecule has 8 heteroatoms. The van der Waals surface area contributed by atoms with Gasteiger partial charge in [0.15, 0.2) is 0 Å². The number of nitrogens with one attached hydrogen (secondary N) is 2. The zero-order valence-electron chi connectivity index (χ0n) is 13.1. The molecule has 0 aliphatic carbocycles. The van der Waals surface area contributed by atoms with Gasteiger partial charge in [0.25, 0.3) is 0 Å². The van der Waals surface area contributed by atoms with Crippen molar-refractivity contribution < 1.29 is 18.0 Å². The monoisotopic (exact) mass is 342 g/mol. The van der Waals surface area contributed by atoms with Crippen LogP contribution in [0.3, 0.4) is 0 Å². The molecule has 0 bridgehead atoms. The van der Waals surface area contributed by atoms with Crippen LogP contribution in [0.5, 0.6) is 0 Å². The summed E-state index contributed by atoms with van der Waals surface area (Å²) in [4.78, 5) is 12.9. The minimum Gasteiger partial charge on any atom is -0.351 e. The first-order valence-corrected chi connectivity index (χ1v) is 7.95. The van der Waals surface area contributed by atoms with Gasteiger partial charge in [-0.05, 0) is 5.56 Å². The van der Waals surface area contributed by atoms with Gasteiger partial charge in [0, 0.05) is 38.6 Å². The molecule has 1 spiro atoms. The van der Waals surface area contributed by atoms with E-state index in [1.165, 1.54) is 17.0 Å². The highest BCUT2D eigenvalue weighted by atomic mass is 19.4. The minimum atomic E-state index is -4.41. The van der Waals surface area contributed by atoms with Gasteiger partial charge in [-0.15, -0.1) is 0 Å². The Hall–Kier alpha value is -1.80. The van der Waals surface area contributed by atoms with Crippen molar-refractivity contribution in [3.8, 4) is 0 Å². The predicted molar refractivity (Wildman–Crippen MR) is 83.5 cm³/mol. The van der Waals surface area contributed by atoms with Gasteiger partial charge < -0.3 is 21.3 Å². The molecule has 1 aromatic carbocycles. The number of primary amides is 1. The predicted octanol–water partition coefficient (Wildman–Crippen LogP) is 1.27. The van der Waals surface area contributed by atoms with Crippen LogP contribution in [-0.4, -0.2) is 55.4 Å². The lowest BCUT2D eigenvalue weighted by molar-refractivity contribution is -0.166. The highest BCUT2D eigenvalue weighted by Gasteiger charge is 2.58. The maximum atomic E-state index is 13.9. The van der Waals surface area contributed by atoms with Gasteiger partial charge in [-0.1, -0.05) is 30.3 Å². The van der Waals surface area contributed by atoms with Crippen LogP contribution in [0.15, 0.2) is 30.3 Å². The Kier molecular flexibility index (Phi) is 4.44. The largest absolute Gasteiger partial charge is 0.396 e. The zero-order valence-corrected chi connectivity index (χ0v) is 13.1. The summed E-state index contributed by atoms with van der Waals surface area (Å²) >= 11 is 0. The smallest absolute Gasteiger partial charge is 0.351 e. The van der Waals surface area contributed by atoms with Crippen LogP contribution in [-0.2, 0) is 0 Å². The Morgan fingerprint density at radius 1 is 1.29 bits per heavy atom. The van der Waals surface area contributed by atoms with E-state index >= 15 is 0 Å². The van der Waals surface area contributed by atoms with Crippen LogP contribution < -0.4 is 16.4 Å². The van der Waals surface area contributed by atoms with Gasteiger partial charge >= 0.3 is 12.2 Å². The lowest BCUT2D eigenvalue weighted by Gasteiger charge is -2.43. The Morgan fingerprint density at radius 3 is 2.54 bits per heavy atom. The third-order valence-corrected chi connectivity index (χ3v) is 5.04. The summed E-state index contributed by atoms with van der Waals surface area (Å²) in [5, 5.41) is 6.40. The van der Waals surface area contributed by atoms with Crippen molar-refractivity contribution in [2.24, 2.45) is 11.7 Å².